The van der Waals surface area contributed by atoms with Gasteiger partial charge in [-0.05, 0) is 19.4 Å². The summed E-state index contributed by atoms with van der Waals surface area (Å²) in [7, 11) is 0. The molecule has 0 bridgehead atoms. The van der Waals surface area contributed by atoms with E-state index in [9.17, 15) is 4.79 Å². The van der Waals surface area contributed by atoms with Gasteiger partial charge in [0.2, 0.25) is 0 Å². The smallest absolute Gasteiger partial charge is 0.337 e. The molecule has 0 amide bonds. The molecule has 2 heteroatoms. The van der Waals surface area contributed by atoms with E-state index in [1.54, 1.807) is 13.0 Å². The molecule has 0 heterocycles. The lowest BCUT2D eigenvalue weighted by atomic mass is 10.4. The van der Waals surface area contributed by atoms with E-state index in [0.717, 1.165) is 6.42 Å². The minimum absolute atomic E-state index is 0.371. The second-order valence-electron chi connectivity index (χ2n) is 1.97. The summed E-state index contributed by atoms with van der Waals surface area (Å²) in [5, 5.41) is 0. The molecule has 10 heavy (non-hydrogen) atoms. The first-order chi connectivity index (χ1) is 4.68. The molecule has 0 atom stereocenters. The van der Waals surface area contributed by atoms with Crippen LogP contribution in [-0.2, 0) is 9.53 Å². The summed E-state index contributed by atoms with van der Waals surface area (Å²) in [6.45, 7) is 7.00. The zero-order chi connectivity index (χ0) is 7.98. The monoisotopic (exact) mass is 140 g/mol. The van der Waals surface area contributed by atoms with Gasteiger partial charge in [-0.2, -0.15) is 0 Å². The quantitative estimate of drug-likeness (QED) is 0.340. The van der Waals surface area contributed by atoms with Gasteiger partial charge in [-0.25, -0.2) is 4.79 Å². The fraction of sp³-hybridized carbons (Fsp3) is 0.375. The Morgan fingerprint density at radius 2 is 2.30 bits per heavy atom. The summed E-state index contributed by atoms with van der Waals surface area (Å²) in [4.78, 5) is 10.6. The number of hydrogen-bond acceptors (Lipinski definition) is 2. The van der Waals surface area contributed by atoms with Crippen LogP contribution in [0.4, 0.5) is 0 Å². The minimum atomic E-state index is -0.371. The molecule has 0 saturated heterocycles. The van der Waals surface area contributed by atoms with Gasteiger partial charge >= 0.3 is 5.97 Å². The van der Waals surface area contributed by atoms with Crippen molar-refractivity contribution in [1.82, 2.24) is 0 Å². The molecule has 0 aromatic carbocycles. The first kappa shape index (κ1) is 8.95. The first-order valence-electron chi connectivity index (χ1n) is 3.20. The Hall–Kier alpha value is -1.05. The van der Waals surface area contributed by atoms with Gasteiger partial charge in [0.05, 0.1) is 6.26 Å². The molecule has 0 fully saturated rings. The summed E-state index contributed by atoms with van der Waals surface area (Å²) in [5.74, 6) is -0.371. The fourth-order valence-electron chi connectivity index (χ4n) is 0.307. The van der Waals surface area contributed by atoms with Crippen LogP contribution in [0.1, 0.15) is 20.3 Å². The predicted octanol–water partition coefficient (Wildman–Crippen LogP) is 2.03. The Kier molecular flexibility index (Phi) is 4.29. The number of hydrogen-bond donors (Lipinski definition) is 0. The van der Waals surface area contributed by atoms with Crippen LogP contribution >= 0.6 is 0 Å². The van der Waals surface area contributed by atoms with Gasteiger partial charge < -0.3 is 4.74 Å². The van der Waals surface area contributed by atoms with Gasteiger partial charge in [-0.3, -0.25) is 0 Å². The Morgan fingerprint density at radius 1 is 1.70 bits per heavy atom. The van der Waals surface area contributed by atoms with E-state index in [0.29, 0.717) is 5.57 Å². The third kappa shape index (κ3) is 3.89. The average molecular weight is 140 g/mol. The molecule has 0 aliphatic carbocycles. The minimum Gasteiger partial charge on any atom is -0.431 e. The molecule has 2 nitrogen and oxygen atoms in total. The van der Waals surface area contributed by atoms with E-state index in [1.807, 2.05) is 6.92 Å². The lowest BCUT2D eigenvalue weighted by molar-refractivity contribution is -0.133. The lowest BCUT2D eigenvalue weighted by Crippen LogP contribution is -1.98. The van der Waals surface area contributed by atoms with Crippen molar-refractivity contribution >= 4 is 5.97 Å². The molecule has 0 aliphatic heterocycles. The van der Waals surface area contributed by atoms with E-state index in [1.165, 1.54) is 6.26 Å². The van der Waals surface area contributed by atoms with E-state index in [-0.39, 0.29) is 5.97 Å². The molecule has 0 N–H and O–H groups in total. The van der Waals surface area contributed by atoms with Crippen molar-refractivity contribution in [3.05, 3.63) is 24.5 Å². The molecule has 0 rings (SSSR count). The van der Waals surface area contributed by atoms with Gasteiger partial charge in [-0.1, -0.05) is 13.5 Å². The van der Waals surface area contributed by atoms with Gasteiger partial charge in [0.1, 0.15) is 0 Å². The van der Waals surface area contributed by atoms with Crippen molar-refractivity contribution < 1.29 is 9.53 Å². The number of allylic oxidation sites excluding steroid dienone is 1. The van der Waals surface area contributed by atoms with Crippen molar-refractivity contribution in [1.29, 1.82) is 0 Å². The highest BCUT2D eigenvalue weighted by Gasteiger charge is 1.97. The summed E-state index contributed by atoms with van der Waals surface area (Å²) < 4.78 is 4.62. The normalized spacial score (nSPS) is 9.80. The van der Waals surface area contributed by atoms with Crippen molar-refractivity contribution in [2.45, 2.75) is 20.3 Å². The molecule has 0 spiro atoms. The second kappa shape index (κ2) is 4.79. The lowest BCUT2D eigenvalue weighted by Gasteiger charge is -1.94. The third-order valence-electron chi connectivity index (χ3n) is 0.855. The van der Waals surface area contributed by atoms with Crippen LogP contribution in [0.25, 0.3) is 0 Å². The molecule has 0 aromatic rings. The van der Waals surface area contributed by atoms with Crippen LogP contribution in [0.15, 0.2) is 24.5 Å². The van der Waals surface area contributed by atoms with Crippen LogP contribution in [0.3, 0.4) is 0 Å². The van der Waals surface area contributed by atoms with E-state index < -0.39 is 0 Å². The molecule has 0 saturated carbocycles. The molecular weight excluding hydrogens is 128 g/mol. The second-order valence-corrected chi connectivity index (χ2v) is 1.97. The summed E-state index contributed by atoms with van der Waals surface area (Å²) in [6, 6.07) is 0. The molecular formula is C8H12O2. The molecule has 0 aromatic heterocycles. The Labute approximate surface area is 61.2 Å². The number of ether oxygens (including phenoxy) is 1. The zero-order valence-electron chi connectivity index (χ0n) is 6.39. The zero-order valence-corrected chi connectivity index (χ0v) is 6.39. The predicted molar refractivity (Wildman–Crippen MR) is 40.3 cm³/mol. The van der Waals surface area contributed by atoms with Gasteiger partial charge in [0.25, 0.3) is 0 Å². The van der Waals surface area contributed by atoms with Gasteiger partial charge in [0.15, 0.2) is 0 Å². The maximum atomic E-state index is 10.6. The summed E-state index contributed by atoms with van der Waals surface area (Å²) in [5.41, 5.74) is 0.417. The van der Waals surface area contributed by atoms with Crippen molar-refractivity contribution in [2.75, 3.05) is 0 Å². The van der Waals surface area contributed by atoms with Gasteiger partial charge in [0, 0.05) is 5.57 Å². The highest BCUT2D eigenvalue weighted by Crippen LogP contribution is 1.92. The van der Waals surface area contributed by atoms with Crippen LogP contribution < -0.4 is 0 Å². The van der Waals surface area contributed by atoms with Crippen LogP contribution in [-0.4, -0.2) is 5.97 Å². The van der Waals surface area contributed by atoms with Crippen molar-refractivity contribution in [3.63, 3.8) is 0 Å². The largest absolute Gasteiger partial charge is 0.431 e. The molecule has 0 radical (unpaired) electrons. The maximum absolute atomic E-state index is 10.6. The highest BCUT2D eigenvalue weighted by atomic mass is 16.5. The van der Waals surface area contributed by atoms with E-state index in [4.69, 9.17) is 0 Å². The van der Waals surface area contributed by atoms with Crippen LogP contribution in [0, 0.1) is 0 Å². The highest BCUT2D eigenvalue weighted by molar-refractivity contribution is 5.87. The Bertz CT molecular complexity index is 157. The topological polar surface area (TPSA) is 26.3 Å². The summed E-state index contributed by atoms with van der Waals surface area (Å²) >= 11 is 0. The number of carbonyl (C=O) groups excluding carboxylic acids is 1. The summed E-state index contributed by atoms with van der Waals surface area (Å²) in [6.07, 6.45) is 4.02. The number of carbonyl (C=O) groups is 1. The molecule has 0 unspecified atom stereocenters. The van der Waals surface area contributed by atoms with Gasteiger partial charge in [-0.15, -0.1) is 0 Å². The molecule has 0 aliphatic rings. The number of rotatable bonds is 3. The Balaban J connectivity index is 3.60. The average Bonchev–Trinajstić information content (AvgIpc) is 1.88. The standard InChI is InChI=1S/C8H12O2/c1-4-5-6-10-8(9)7(2)3/h5-6H,2,4H2,1,3H3/b6-5+. The molecule has 56 valence electrons. The fourth-order valence-corrected chi connectivity index (χ4v) is 0.307. The van der Waals surface area contributed by atoms with E-state index in [2.05, 4.69) is 11.3 Å². The Morgan fingerprint density at radius 3 is 2.70 bits per heavy atom. The van der Waals surface area contributed by atoms with Crippen LogP contribution in [0.2, 0.25) is 0 Å². The van der Waals surface area contributed by atoms with Crippen LogP contribution in [0.5, 0.6) is 0 Å². The maximum Gasteiger partial charge on any atom is 0.337 e. The third-order valence-corrected chi connectivity index (χ3v) is 0.855. The van der Waals surface area contributed by atoms with E-state index >= 15 is 0 Å². The van der Waals surface area contributed by atoms with Crippen molar-refractivity contribution in [2.24, 2.45) is 0 Å². The number of esters is 1. The van der Waals surface area contributed by atoms with Crippen molar-refractivity contribution in [3.8, 4) is 0 Å². The SMILES string of the molecule is C=C(C)C(=O)O/C=C/CC. The first-order valence-corrected chi connectivity index (χ1v) is 3.20.